The predicted molar refractivity (Wildman–Crippen MR) is 45.5 cm³/mol. The van der Waals surface area contributed by atoms with E-state index in [1.807, 2.05) is 0 Å². The molecule has 1 aromatic heterocycles. The Kier molecular flexibility index (Phi) is 2.67. The number of hydrogen-bond acceptors (Lipinski definition) is 5. The maximum atomic E-state index is 10.9. The molecule has 0 spiro atoms. The van der Waals surface area contributed by atoms with E-state index < -0.39 is 9.84 Å². The highest BCUT2D eigenvalue weighted by molar-refractivity contribution is 7.89. The van der Waals surface area contributed by atoms with E-state index >= 15 is 0 Å². The Morgan fingerprint density at radius 1 is 1.38 bits per heavy atom. The molecule has 0 bridgehead atoms. The summed E-state index contributed by atoms with van der Waals surface area (Å²) in [7, 11) is -1.48. The van der Waals surface area contributed by atoms with Crippen molar-refractivity contribution in [1.29, 1.82) is 0 Å². The van der Waals surface area contributed by atoms with E-state index in [9.17, 15) is 8.42 Å². The van der Waals surface area contributed by atoms with E-state index in [0.29, 0.717) is 11.6 Å². The van der Waals surface area contributed by atoms with Crippen molar-refractivity contribution >= 4 is 9.84 Å². The molecule has 1 aromatic rings. The Hall–Kier alpha value is -0.950. The van der Waals surface area contributed by atoms with Gasteiger partial charge < -0.3 is 9.67 Å². The molecular formula is C6H11N3O3S. The minimum absolute atomic E-state index is 0.156. The van der Waals surface area contributed by atoms with Gasteiger partial charge in [-0.2, -0.15) is 0 Å². The fraction of sp³-hybridized carbons (Fsp3) is 0.667. The van der Waals surface area contributed by atoms with Crippen LogP contribution in [0.3, 0.4) is 0 Å². The van der Waals surface area contributed by atoms with Gasteiger partial charge in [0, 0.05) is 13.3 Å². The van der Waals surface area contributed by atoms with Crippen molar-refractivity contribution in [1.82, 2.24) is 14.8 Å². The molecule has 1 N–H and O–H groups in total. The quantitative estimate of drug-likeness (QED) is 0.673. The van der Waals surface area contributed by atoms with Crippen LogP contribution in [0, 0.1) is 0 Å². The zero-order valence-corrected chi connectivity index (χ0v) is 8.24. The number of aromatic nitrogens is 3. The maximum Gasteiger partial charge on any atom is 0.158 e. The molecule has 1 rings (SSSR count). The average Bonchev–Trinajstić information content (AvgIpc) is 2.30. The first kappa shape index (κ1) is 10.1. The smallest absolute Gasteiger partial charge is 0.158 e. The summed E-state index contributed by atoms with van der Waals surface area (Å²) in [6.45, 7) is -0.243. The molecule has 74 valence electrons. The molecule has 0 saturated carbocycles. The van der Waals surface area contributed by atoms with Crippen LogP contribution in [0.25, 0.3) is 0 Å². The van der Waals surface area contributed by atoms with Gasteiger partial charge in [0.05, 0.1) is 0 Å². The van der Waals surface area contributed by atoms with Crippen LogP contribution in [0.4, 0.5) is 0 Å². The summed E-state index contributed by atoms with van der Waals surface area (Å²) in [5.74, 6) is 0.543. The first-order valence-electron chi connectivity index (χ1n) is 3.60. The maximum absolute atomic E-state index is 10.9. The van der Waals surface area contributed by atoms with Crippen LogP contribution in [0.1, 0.15) is 11.6 Å². The Morgan fingerprint density at radius 3 is 2.31 bits per heavy atom. The highest BCUT2D eigenvalue weighted by Gasteiger charge is 2.12. The van der Waals surface area contributed by atoms with E-state index in [1.54, 1.807) is 7.05 Å². The minimum Gasteiger partial charge on any atom is -0.388 e. The summed E-state index contributed by atoms with van der Waals surface area (Å²) in [5.41, 5.74) is 0. The molecular weight excluding hydrogens is 194 g/mol. The van der Waals surface area contributed by atoms with Crippen LogP contribution in [0.5, 0.6) is 0 Å². The van der Waals surface area contributed by atoms with Crippen LogP contribution in [0.15, 0.2) is 0 Å². The normalized spacial score (nSPS) is 11.9. The van der Waals surface area contributed by atoms with Gasteiger partial charge in [-0.05, 0) is 0 Å². The molecule has 1 heterocycles. The largest absolute Gasteiger partial charge is 0.388 e. The second-order valence-corrected chi connectivity index (χ2v) is 4.96. The van der Waals surface area contributed by atoms with Gasteiger partial charge in [-0.15, -0.1) is 10.2 Å². The highest BCUT2D eigenvalue weighted by atomic mass is 32.2. The summed E-state index contributed by atoms with van der Waals surface area (Å²) in [6, 6.07) is 0. The first-order valence-corrected chi connectivity index (χ1v) is 5.66. The Labute approximate surface area is 76.1 Å². The molecule has 7 heteroatoms. The van der Waals surface area contributed by atoms with Gasteiger partial charge >= 0.3 is 0 Å². The van der Waals surface area contributed by atoms with E-state index in [1.165, 1.54) is 4.57 Å². The SMILES string of the molecule is Cn1c(CO)nnc1CS(C)(=O)=O. The third-order valence-electron chi connectivity index (χ3n) is 1.59. The van der Waals surface area contributed by atoms with Gasteiger partial charge in [-0.3, -0.25) is 0 Å². The molecule has 0 unspecified atom stereocenters. The van der Waals surface area contributed by atoms with E-state index in [2.05, 4.69) is 10.2 Å². The molecule has 0 aliphatic carbocycles. The number of hydrogen-bond donors (Lipinski definition) is 1. The van der Waals surface area contributed by atoms with Crippen molar-refractivity contribution in [3.8, 4) is 0 Å². The van der Waals surface area contributed by atoms with E-state index in [-0.39, 0.29) is 12.4 Å². The highest BCUT2D eigenvalue weighted by Crippen LogP contribution is 2.03. The molecule has 0 aliphatic heterocycles. The summed E-state index contributed by atoms with van der Waals surface area (Å²) < 4.78 is 23.3. The second-order valence-electron chi connectivity index (χ2n) is 2.82. The predicted octanol–water partition coefficient (Wildman–Crippen LogP) is -1.15. The Bertz CT molecular complexity index is 395. The number of aliphatic hydroxyl groups is 1. The van der Waals surface area contributed by atoms with E-state index in [4.69, 9.17) is 5.11 Å². The van der Waals surface area contributed by atoms with Crippen molar-refractivity contribution in [3.05, 3.63) is 11.6 Å². The summed E-state index contributed by atoms with van der Waals surface area (Å²) in [6.07, 6.45) is 1.13. The van der Waals surface area contributed by atoms with Gasteiger partial charge in [0.15, 0.2) is 15.7 Å². The lowest BCUT2D eigenvalue weighted by Gasteiger charge is -1.99. The molecule has 13 heavy (non-hydrogen) atoms. The first-order chi connectivity index (χ1) is 5.94. The van der Waals surface area contributed by atoms with Crippen LogP contribution < -0.4 is 0 Å². The Morgan fingerprint density at radius 2 is 1.92 bits per heavy atom. The lowest BCUT2D eigenvalue weighted by atomic mass is 10.6. The van der Waals surface area contributed by atoms with Crippen molar-refractivity contribution in [2.45, 2.75) is 12.4 Å². The molecule has 0 aromatic carbocycles. The number of nitrogens with zero attached hydrogens (tertiary/aromatic N) is 3. The van der Waals surface area contributed by atoms with Crippen molar-refractivity contribution < 1.29 is 13.5 Å². The third kappa shape index (κ3) is 2.49. The van der Waals surface area contributed by atoms with Crippen LogP contribution in [0.2, 0.25) is 0 Å². The lowest BCUT2D eigenvalue weighted by molar-refractivity contribution is 0.266. The van der Waals surface area contributed by atoms with Crippen LogP contribution >= 0.6 is 0 Å². The van der Waals surface area contributed by atoms with Gasteiger partial charge in [0.2, 0.25) is 0 Å². The van der Waals surface area contributed by atoms with Gasteiger partial charge in [-0.25, -0.2) is 8.42 Å². The zero-order chi connectivity index (χ0) is 10.1. The summed E-state index contributed by atoms with van der Waals surface area (Å²) >= 11 is 0. The standard InChI is InChI=1S/C6H11N3O3S/c1-9-5(3-10)7-8-6(9)4-13(2,11)12/h10H,3-4H2,1-2H3. The zero-order valence-electron chi connectivity index (χ0n) is 7.43. The topological polar surface area (TPSA) is 85.1 Å². The van der Waals surface area contributed by atoms with Gasteiger partial charge in [-0.1, -0.05) is 0 Å². The van der Waals surface area contributed by atoms with E-state index in [0.717, 1.165) is 6.26 Å². The molecule has 6 nitrogen and oxygen atoms in total. The van der Waals surface area contributed by atoms with Crippen LogP contribution in [-0.2, 0) is 29.2 Å². The van der Waals surface area contributed by atoms with Gasteiger partial charge in [0.1, 0.15) is 18.2 Å². The summed E-state index contributed by atoms with van der Waals surface area (Å²) in [5, 5.41) is 16.0. The second kappa shape index (κ2) is 3.43. The Balaban J connectivity index is 2.97. The average molecular weight is 205 g/mol. The number of rotatable bonds is 3. The van der Waals surface area contributed by atoms with Crippen molar-refractivity contribution in [2.75, 3.05) is 6.26 Å². The lowest BCUT2D eigenvalue weighted by Crippen LogP contribution is -2.08. The fourth-order valence-corrected chi connectivity index (χ4v) is 1.62. The minimum atomic E-state index is -3.10. The molecule has 0 fully saturated rings. The van der Waals surface area contributed by atoms with Crippen LogP contribution in [-0.4, -0.2) is 34.5 Å². The molecule has 0 aliphatic rings. The van der Waals surface area contributed by atoms with Crippen molar-refractivity contribution in [3.63, 3.8) is 0 Å². The summed E-state index contributed by atoms with van der Waals surface area (Å²) in [4.78, 5) is 0. The van der Waals surface area contributed by atoms with Crippen molar-refractivity contribution in [2.24, 2.45) is 7.05 Å². The molecule has 0 saturated heterocycles. The molecule has 0 atom stereocenters. The number of sulfone groups is 1. The third-order valence-corrected chi connectivity index (χ3v) is 2.37. The number of aliphatic hydroxyl groups excluding tert-OH is 1. The molecule has 0 amide bonds. The molecule has 0 radical (unpaired) electrons. The van der Waals surface area contributed by atoms with Gasteiger partial charge in [0.25, 0.3) is 0 Å². The monoisotopic (exact) mass is 205 g/mol. The fourth-order valence-electron chi connectivity index (χ4n) is 0.896.